The van der Waals surface area contributed by atoms with Gasteiger partial charge in [0.1, 0.15) is 0 Å². The van der Waals surface area contributed by atoms with Gasteiger partial charge in [0.15, 0.2) is 0 Å². The summed E-state index contributed by atoms with van der Waals surface area (Å²) in [6.07, 6.45) is 1.43. The molecule has 0 fully saturated rings. The van der Waals surface area contributed by atoms with Crippen molar-refractivity contribution in [1.29, 1.82) is 0 Å². The van der Waals surface area contributed by atoms with Crippen LogP contribution in [0.1, 0.15) is 31.7 Å². The lowest BCUT2D eigenvalue weighted by molar-refractivity contribution is 0.364. The van der Waals surface area contributed by atoms with Crippen molar-refractivity contribution in [2.24, 2.45) is 0 Å². The third-order valence-corrected chi connectivity index (χ3v) is 5.47. The molecule has 0 radical (unpaired) electrons. The van der Waals surface area contributed by atoms with Gasteiger partial charge in [-0.1, -0.05) is 37.5 Å². The molecule has 0 saturated carbocycles. The Balaban J connectivity index is 2.89. The van der Waals surface area contributed by atoms with E-state index in [1.807, 2.05) is 13.8 Å². The topological polar surface area (TPSA) is 104 Å². The van der Waals surface area contributed by atoms with E-state index < -0.39 is 29.8 Å². The summed E-state index contributed by atoms with van der Waals surface area (Å²) in [4.78, 5) is 18.2. The number of sulfonamides is 1. The Kier molecular flexibility index (Phi) is 6.56. The zero-order chi connectivity index (χ0) is 16.1. The molecule has 1 atom stereocenters. The van der Waals surface area contributed by atoms with E-state index in [1.54, 1.807) is 12.1 Å². The third kappa shape index (κ3) is 6.72. The van der Waals surface area contributed by atoms with E-state index in [-0.39, 0.29) is 4.90 Å². The van der Waals surface area contributed by atoms with Gasteiger partial charge in [0, 0.05) is 6.04 Å². The highest BCUT2D eigenvalue weighted by Gasteiger charge is 2.26. The predicted molar refractivity (Wildman–Crippen MR) is 81.7 cm³/mol. The van der Waals surface area contributed by atoms with E-state index in [1.165, 1.54) is 12.1 Å². The van der Waals surface area contributed by atoms with E-state index >= 15 is 0 Å². The van der Waals surface area contributed by atoms with Gasteiger partial charge >= 0.3 is 7.60 Å². The molecule has 21 heavy (non-hydrogen) atoms. The molecule has 0 bridgehead atoms. The molecule has 0 aliphatic heterocycles. The van der Waals surface area contributed by atoms with Crippen molar-refractivity contribution in [2.75, 3.05) is 6.16 Å². The molecule has 0 saturated heterocycles. The second kappa shape index (κ2) is 7.51. The Morgan fingerprint density at radius 3 is 2.29 bits per heavy atom. The van der Waals surface area contributed by atoms with E-state index in [4.69, 9.17) is 9.79 Å². The van der Waals surface area contributed by atoms with Gasteiger partial charge in [-0.2, -0.15) is 0 Å². The third-order valence-electron chi connectivity index (χ3n) is 3.02. The maximum atomic E-state index is 12.2. The zero-order valence-electron chi connectivity index (χ0n) is 12.2. The normalized spacial score (nSPS) is 14.1. The zero-order valence-corrected chi connectivity index (χ0v) is 13.9. The lowest BCUT2D eigenvalue weighted by Gasteiger charge is -2.19. The van der Waals surface area contributed by atoms with Gasteiger partial charge in [0.05, 0.1) is 11.1 Å². The molecule has 0 aromatic heterocycles. The second-order valence-corrected chi connectivity index (χ2v) is 8.53. The maximum Gasteiger partial charge on any atom is 0.327 e. The second-order valence-electron chi connectivity index (χ2n) is 5.12. The Labute approximate surface area is 125 Å². The van der Waals surface area contributed by atoms with E-state index in [9.17, 15) is 13.0 Å². The van der Waals surface area contributed by atoms with Crippen molar-refractivity contribution in [3.63, 3.8) is 0 Å². The first-order chi connectivity index (χ1) is 9.64. The van der Waals surface area contributed by atoms with Crippen LogP contribution in [0.25, 0.3) is 0 Å². The van der Waals surface area contributed by atoms with Crippen molar-refractivity contribution in [3.05, 3.63) is 29.8 Å². The molecule has 0 aliphatic carbocycles. The number of aryl methyl sites for hydroxylation is 1. The summed E-state index contributed by atoms with van der Waals surface area (Å²) in [5.74, 6) is 0. The fraction of sp³-hybridized carbons (Fsp3) is 0.538. The number of benzene rings is 1. The Hall–Kier alpha value is -0.720. The maximum absolute atomic E-state index is 12.2. The van der Waals surface area contributed by atoms with E-state index in [2.05, 4.69) is 4.72 Å². The van der Waals surface area contributed by atoms with Crippen LogP contribution in [0.4, 0.5) is 0 Å². The summed E-state index contributed by atoms with van der Waals surface area (Å²) in [5, 5.41) is 0. The number of hydrogen-bond donors (Lipinski definition) is 3. The molecule has 8 heteroatoms. The van der Waals surface area contributed by atoms with Crippen LogP contribution in [0, 0.1) is 6.92 Å². The van der Waals surface area contributed by atoms with Crippen molar-refractivity contribution >= 4 is 17.6 Å². The minimum Gasteiger partial charge on any atom is -0.324 e. The number of rotatable bonds is 8. The molecule has 0 spiro atoms. The molecule has 120 valence electrons. The molecular formula is C13H22NO5PS. The van der Waals surface area contributed by atoms with Crippen LogP contribution in [0.5, 0.6) is 0 Å². The predicted octanol–water partition coefficient (Wildman–Crippen LogP) is 2.01. The summed E-state index contributed by atoms with van der Waals surface area (Å²) in [6.45, 7) is 3.78. The average Bonchev–Trinajstić information content (AvgIpc) is 2.34. The first-order valence-electron chi connectivity index (χ1n) is 6.77. The highest BCUT2D eigenvalue weighted by Crippen LogP contribution is 2.36. The molecule has 1 aromatic rings. The van der Waals surface area contributed by atoms with Gasteiger partial charge in [-0.25, -0.2) is 13.1 Å². The van der Waals surface area contributed by atoms with Crippen molar-refractivity contribution in [2.45, 2.75) is 44.0 Å². The monoisotopic (exact) mass is 335 g/mol. The summed E-state index contributed by atoms with van der Waals surface area (Å²) in [6, 6.07) is 5.55. The van der Waals surface area contributed by atoms with Gasteiger partial charge in [-0.3, -0.25) is 4.57 Å². The molecular weight excluding hydrogens is 313 g/mol. The Morgan fingerprint density at radius 2 is 1.81 bits per heavy atom. The minimum atomic E-state index is -4.27. The highest BCUT2D eigenvalue weighted by atomic mass is 32.2. The van der Waals surface area contributed by atoms with Crippen LogP contribution in [-0.2, 0) is 14.6 Å². The Morgan fingerprint density at radius 1 is 1.24 bits per heavy atom. The summed E-state index contributed by atoms with van der Waals surface area (Å²) < 4.78 is 38.0. The molecule has 1 aromatic carbocycles. The van der Waals surface area contributed by atoms with Crippen molar-refractivity contribution < 1.29 is 22.8 Å². The lowest BCUT2D eigenvalue weighted by atomic mass is 10.2. The summed E-state index contributed by atoms with van der Waals surface area (Å²) >= 11 is 0. The van der Waals surface area contributed by atoms with Crippen molar-refractivity contribution in [3.8, 4) is 0 Å². The molecule has 1 rings (SSSR count). The van der Waals surface area contributed by atoms with E-state index in [0.717, 1.165) is 12.0 Å². The largest absolute Gasteiger partial charge is 0.327 e. The first kappa shape index (κ1) is 18.3. The summed E-state index contributed by atoms with van der Waals surface area (Å²) in [7, 11) is -8.05. The molecule has 0 aliphatic rings. The molecule has 1 unspecified atom stereocenters. The van der Waals surface area contributed by atoms with Gasteiger partial charge < -0.3 is 9.79 Å². The Bertz CT molecular complexity index is 593. The number of unbranched alkanes of at least 4 members (excludes halogenated alkanes) is 1. The first-order valence-corrected chi connectivity index (χ1v) is 10.1. The SMILES string of the molecule is CCCCC(CP(=O)(O)O)NS(=O)(=O)c1ccc(C)cc1. The van der Waals surface area contributed by atoms with Gasteiger partial charge in [0.2, 0.25) is 10.0 Å². The highest BCUT2D eigenvalue weighted by molar-refractivity contribution is 7.89. The van der Waals surface area contributed by atoms with Crippen LogP contribution in [0.3, 0.4) is 0 Å². The molecule has 3 N–H and O–H groups in total. The van der Waals surface area contributed by atoms with Crippen LogP contribution in [-0.4, -0.2) is 30.4 Å². The van der Waals surface area contributed by atoms with Crippen LogP contribution in [0.2, 0.25) is 0 Å². The quantitative estimate of drug-likeness (QED) is 0.631. The number of nitrogens with one attached hydrogen (secondary N) is 1. The number of hydrogen-bond acceptors (Lipinski definition) is 3. The van der Waals surface area contributed by atoms with E-state index in [0.29, 0.717) is 12.8 Å². The van der Waals surface area contributed by atoms with Gasteiger partial charge in [-0.05, 0) is 25.5 Å². The summed E-state index contributed by atoms with van der Waals surface area (Å²) in [5.41, 5.74) is 0.937. The van der Waals surface area contributed by atoms with Crippen molar-refractivity contribution in [1.82, 2.24) is 4.72 Å². The van der Waals surface area contributed by atoms with Gasteiger partial charge in [-0.15, -0.1) is 0 Å². The fourth-order valence-corrected chi connectivity index (χ4v) is 4.17. The van der Waals surface area contributed by atoms with Crippen LogP contribution >= 0.6 is 7.60 Å². The minimum absolute atomic E-state index is 0.0975. The van der Waals surface area contributed by atoms with Crippen LogP contribution < -0.4 is 4.72 Å². The molecule has 6 nitrogen and oxygen atoms in total. The lowest BCUT2D eigenvalue weighted by Crippen LogP contribution is -2.37. The van der Waals surface area contributed by atoms with Gasteiger partial charge in [0.25, 0.3) is 0 Å². The molecule has 0 heterocycles. The van der Waals surface area contributed by atoms with Crippen LogP contribution in [0.15, 0.2) is 29.2 Å². The smallest absolute Gasteiger partial charge is 0.324 e. The standard InChI is InChI=1S/C13H22NO5PS/c1-3-4-5-12(10-20(15,16)17)14-21(18,19)13-8-6-11(2)7-9-13/h6-9,12,14H,3-5,10H2,1-2H3,(H2,15,16,17). The average molecular weight is 335 g/mol. The fourth-order valence-electron chi connectivity index (χ4n) is 1.93. The molecule has 0 amide bonds.